The number of rotatable bonds is 3. The van der Waals surface area contributed by atoms with E-state index in [1.807, 2.05) is 17.9 Å². The summed E-state index contributed by atoms with van der Waals surface area (Å²) in [5.41, 5.74) is 2.46. The second kappa shape index (κ2) is 5.15. The van der Waals surface area contributed by atoms with Crippen LogP contribution in [0.4, 0.5) is 5.13 Å². The van der Waals surface area contributed by atoms with Gasteiger partial charge < -0.3 is 4.90 Å². The Hall–Kier alpha value is -1.88. The van der Waals surface area contributed by atoms with Gasteiger partial charge in [-0.25, -0.2) is 4.98 Å². The van der Waals surface area contributed by atoms with Gasteiger partial charge in [0.15, 0.2) is 5.13 Å². The minimum absolute atomic E-state index is 0.709. The fourth-order valence-corrected chi connectivity index (χ4v) is 4.08. The average Bonchev–Trinajstić information content (AvgIpc) is 3.18. The third kappa shape index (κ3) is 2.53. The standard InChI is InChI=1S/C16H18N4S/c1-19-10-13(9-17-19)8-12-6-7-20(11-12)16-18-14-4-2-3-5-15(14)21-16/h2-5,9-10,12H,6-8,11H2,1H3. The number of aromatic nitrogens is 3. The van der Waals surface area contributed by atoms with Crippen LogP contribution in [0.15, 0.2) is 36.7 Å². The maximum atomic E-state index is 4.77. The highest BCUT2D eigenvalue weighted by atomic mass is 32.1. The van der Waals surface area contributed by atoms with E-state index in [2.05, 4.69) is 40.5 Å². The lowest BCUT2D eigenvalue weighted by atomic mass is 10.0. The molecule has 2 aromatic heterocycles. The number of thiazole rings is 1. The molecule has 4 nitrogen and oxygen atoms in total. The van der Waals surface area contributed by atoms with Crippen LogP contribution in [0.2, 0.25) is 0 Å². The molecule has 3 heterocycles. The van der Waals surface area contributed by atoms with Crippen LogP contribution in [0, 0.1) is 5.92 Å². The van der Waals surface area contributed by atoms with Gasteiger partial charge in [0.1, 0.15) is 0 Å². The van der Waals surface area contributed by atoms with Crippen LogP contribution in [0.25, 0.3) is 10.2 Å². The lowest BCUT2D eigenvalue weighted by Crippen LogP contribution is -2.19. The van der Waals surface area contributed by atoms with E-state index in [4.69, 9.17) is 4.98 Å². The van der Waals surface area contributed by atoms with Gasteiger partial charge in [-0.3, -0.25) is 4.68 Å². The number of hydrogen-bond acceptors (Lipinski definition) is 4. The molecule has 1 fully saturated rings. The average molecular weight is 298 g/mol. The van der Waals surface area contributed by atoms with E-state index in [9.17, 15) is 0 Å². The van der Waals surface area contributed by atoms with E-state index in [0.29, 0.717) is 5.92 Å². The monoisotopic (exact) mass is 298 g/mol. The van der Waals surface area contributed by atoms with Crippen molar-refractivity contribution >= 4 is 26.7 Å². The molecule has 1 aliphatic rings. The van der Waals surface area contributed by atoms with Gasteiger partial charge in [-0.2, -0.15) is 5.10 Å². The first-order valence-electron chi connectivity index (χ1n) is 7.36. The van der Waals surface area contributed by atoms with Crippen LogP contribution in [0.1, 0.15) is 12.0 Å². The van der Waals surface area contributed by atoms with Gasteiger partial charge in [0.05, 0.1) is 16.4 Å². The first-order valence-corrected chi connectivity index (χ1v) is 8.17. The van der Waals surface area contributed by atoms with Crippen molar-refractivity contribution < 1.29 is 0 Å². The zero-order valence-corrected chi connectivity index (χ0v) is 12.9. The molecule has 3 aromatic rings. The number of hydrogen-bond donors (Lipinski definition) is 0. The Kier molecular flexibility index (Phi) is 3.15. The SMILES string of the molecule is Cn1cc(CC2CCN(c3nc4ccccc4s3)C2)cn1. The van der Waals surface area contributed by atoms with Crippen molar-refractivity contribution in [1.82, 2.24) is 14.8 Å². The maximum absolute atomic E-state index is 4.77. The highest BCUT2D eigenvalue weighted by Gasteiger charge is 2.25. The van der Waals surface area contributed by atoms with Crippen LogP contribution < -0.4 is 4.90 Å². The molecule has 108 valence electrons. The zero-order chi connectivity index (χ0) is 14.2. The Labute approximate surface area is 128 Å². The Morgan fingerprint density at radius 3 is 3.05 bits per heavy atom. The summed E-state index contributed by atoms with van der Waals surface area (Å²) in [4.78, 5) is 7.20. The highest BCUT2D eigenvalue weighted by Crippen LogP contribution is 2.32. The van der Waals surface area contributed by atoms with Crippen molar-refractivity contribution in [3.05, 3.63) is 42.2 Å². The lowest BCUT2D eigenvalue weighted by molar-refractivity contribution is 0.586. The number of aryl methyl sites for hydroxylation is 1. The molecular weight excluding hydrogens is 280 g/mol. The van der Waals surface area contributed by atoms with Crippen LogP contribution in [0.3, 0.4) is 0 Å². The molecule has 0 amide bonds. The van der Waals surface area contributed by atoms with Crippen molar-refractivity contribution in [3.8, 4) is 0 Å². The smallest absolute Gasteiger partial charge is 0.186 e. The maximum Gasteiger partial charge on any atom is 0.186 e. The van der Waals surface area contributed by atoms with Crippen LogP contribution in [-0.4, -0.2) is 27.9 Å². The molecule has 1 atom stereocenters. The molecule has 0 N–H and O–H groups in total. The van der Waals surface area contributed by atoms with Crippen LogP contribution in [0.5, 0.6) is 0 Å². The predicted molar refractivity (Wildman–Crippen MR) is 86.9 cm³/mol. The topological polar surface area (TPSA) is 34.0 Å². The van der Waals surface area contributed by atoms with Gasteiger partial charge >= 0.3 is 0 Å². The fourth-order valence-electron chi connectivity index (χ4n) is 3.08. The first kappa shape index (κ1) is 12.8. The molecule has 0 bridgehead atoms. The quantitative estimate of drug-likeness (QED) is 0.745. The third-order valence-electron chi connectivity index (χ3n) is 4.12. The van der Waals surface area contributed by atoms with Gasteiger partial charge in [-0.1, -0.05) is 23.5 Å². The minimum atomic E-state index is 0.709. The largest absolute Gasteiger partial charge is 0.348 e. The minimum Gasteiger partial charge on any atom is -0.348 e. The van der Waals surface area contributed by atoms with Gasteiger partial charge in [0.2, 0.25) is 0 Å². The van der Waals surface area contributed by atoms with E-state index in [1.54, 1.807) is 11.3 Å². The summed E-state index contributed by atoms with van der Waals surface area (Å²) in [6.45, 7) is 2.22. The molecule has 0 aliphatic carbocycles. The van der Waals surface area contributed by atoms with Crippen molar-refractivity contribution in [1.29, 1.82) is 0 Å². The van der Waals surface area contributed by atoms with Crippen LogP contribution >= 0.6 is 11.3 Å². The van der Waals surface area contributed by atoms with Crippen molar-refractivity contribution in [2.24, 2.45) is 13.0 Å². The zero-order valence-electron chi connectivity index (χ0n) is 12.1. The normalized spacial score (nSPS) is 18.7. The molecule has 1 unspecified atom stereocenters. The Morgan fingerprint density at radius 2 is 2.24 bits per heavy atom. The first-order chi connectivity index (χ1) is 10.3. The van der Waals surface area contributed by atoms with Crippen molar-refractivity contribution in [2.45, 2.75) is 12.8 Å². The molecular formula is C16H18N4S. The molecule has 1 saturated heterocycles. The summed E-state index contributed by atoms with van der Waals surface area (Å²) in [6, 6.07) is 8.39. The molecule has 0 radical (unpaired) electrons. The van der Waals surface area contributed by atoms with Gasteiger partial charge in [0.25, 0.3) is 0 Å². The second-order valence-corrected chi connectivity index (χ2v) is 6.80. The summed E-state index contributed by atoms with van der Waals surface area (Å²) in [6.07, 6.45) is 6.47. The van der Waals surface area contributed by atoms with Crippen molar-refractivity contribution in [3.63, 3.8) is 0 Å². The molecule has 4 rings (SSSR count). The molecule has 21 heavy (non-hydrogen) atoms. The third-order valence-corrected chi connectivity index (χ3v) is 5.22. The summed E-state index contributed by atoms with van der Waals surface area (Å²) in [7, 11) is 1.98. The number of anilines is 1. The van der Waals surface area contributed by atoms with Gasteiger partial charge in [0, 0.05) is 26.3 Å². The van der Waals surface area contributed by atoms with E-state index in [0.717, 1.165) is 25.0 Å². The van der Waals surface area contributed by atoms with Gasteiger partial charge in [-0.15, -0.1) is 0 Å². The Balaban J connectivity index is 1.48. The number of para-hydroxylation sites is 1. The number of benzene rings is 1. The molecule has 5 heteroatoms. The Morgan fingerprint density at radius 1 is 1.33 bits per heavy atom. The van der Waals surface area contributed by atoms with E-state index in [1.165, 1.54) is 21.8 Å². The second-order valence-electron chi connectivity index (χ2n) is 5.79. The predicted octanol–water partition coefficient (Wildman–Crippen LogP) is 3.10. The number of nitrogens with zero attached hydrogens (tertiary/aromatic N) is 4. The van der Waals surface area contributed by atoms with Crippen molar-refractivity contribution in [2.75, 3.05) is 18.0 Å². The summed E-state index contributed by atoms with van der Waals surface area (Å²) >= 11 is 1.81. The number of fused-ring (bicyclic) bond motifs is 1. The van der Waals surface area contributed by atoms with E-state index >= 15 is 0 Å². The molecule has 0 spiro atoms. The molecule has 0 saturated carbocycles. The van der Waals surface area contributed by atoms with E-state index < -0.39 is 0 Å². The Bertz CT molecular complexity index is 727. The lowest BCUT2D eigenvalue weighted by Gasteiger charge is -2.14. The van der Waals surface area contributed by atoms with E-state index in [-0.39, 0.29) is 0 Å². The molecule has 1 aliphatic heterocycles. The van der Waals surface area contributed by atoms with Crippen LogP contribution in [-0.2, 0) is 13.5 Å². The highest BCUT2D eigenvalue weighted by molar-refractivity contribution is 7.22. The summed E-state index contributed by atoms with van der Waals surface area (Å²) < 4.78 is 3.17. The summed E-state index contributed by atoms with van der Waals surface area (Å²) in [5, 5.41) is 5.43. The summed E-state index contributed by atoms with van der Waals surface area (Å²) in [5.74, 6) is 0.709. The van der Waals surface area contributed by atoms with Gasteiger partial charge in [-0.05, 0) is 36.5 Å². The fraction of sp³-hybridized carbons (Fsp3) is 0.375. The molecule has 1 aromatic carbocycles.